The molecule has 1 aromatic carbocycles. The lowest BCUT2D eigenvalue weighted by molar-refractivity contribution is 0.718. The lowest BCUT2D eigenvalue weighted by Crippen LogP contribution is -2.05. The summed E-state index contributed by atoms with van der Waals surface area (Å²) in [5.41, 5.74) is 3.95. The monoisotopic (exact) mass is 270 g/mol. The topological polar surface area (TPSA) is 25.8 Å². The third-order valence-electron chi connectivity index (χ3n) is 4.17. The summed E-state index contributed by atoms with van der Waals surface area (Å²) in [5.74, 6) is 1.86. The van der Waals surface area contributed by atoms with E-state index in [0.29, 0.717) is 17.0 Å². The first-order valence-electron chi connectivity index (χ1n) is 6.93. The maximum Gasteiger partial charge on any atom is 0.137 e. The highest BCUT2D eigenvalue weighted by molar-refractivity contribution is 6.29. The number of aromatic nitrogens is 2. The number of hydrogen-bond acceptors (Lipinski definition) is 2. The van der Waals surface area contributed by atoms with E-state index in [1.165, 1.54) is 24.0 Å². The van der Waals surface area contributed by atoms with Crippen molar-refractivity contribution in [3.05, 3.63) is 58.1 Å². The van der Waals surface area contributed by atoms with E-state index >= 15 is 0 Å². The summed E-state index contributed by atoms with van der Waals surface area (Å²) in [7, 11) is 0. The molecule has 3 heteroatoms. The number of benzene rings is 1. The van der Waals surface area contributed by atoms with Gasteiger partial charge in [0, 0.05) is 17.5 Å². The van der Waals surface area contributed by atoms with Crippen LogP contribution in [0.2, 0.25) is 5.15 Å². The molecule has 0 spiro atoms. The maximum atomic E-state index is 6.18. The second kappa shape index (κ2) is 4.31. The molecule has 0 radical (unpaired) electrons. The van der Waals surface area contributed by atoms with Gasteiger partial charge in [-0.25, -0.2) is 9.97 Å². The standard InChI is InChI=1S/C16H15ClN2/c17-15-9-14(11-5-6-11)18-16(19-15)13-8-7-10-3-1-2-4-12(10)13/h1-4,9,11,13H,5-8H2. The van der Waals surface area contributed by atoms with Gasteiger partial charge < -0.3 is 0 Å². The van der Waals surface area contributed by atoms with Crippen molar-refractivity contribution in [2.75, 3.05) is 0 Å². The summed E-state index contributed by atoms with van der Waals surface area (Å²) < 4.78 is 0. The van der Waals surface area contributed by atoms with E-state index < -0.39 is 0 Å². The van der Waals surface area contributed by atoms with Gasteiger partial charge in [0.15, 0.2) is 0 Å². The van der Waals surface area contributed by atoms with Crippen molar-refractivity contribution in [2.24, 2.45) is 0 Å². The van der Waals surface area contributed by atoms with Gasteiger partial charge in [-0.2, -0.15) is 0 Å². The Morgan fingerprint density at radius 1 is 1.05 bits per heavy atom. The molecule has 4 rings (SSSR count). The highest BCUT2D eigenvalue weighted by atomic mass is 35.5. The van der Waals surface area contributed by atoms with Crippen LogP contribution in [0.25, 0.3) is 0 Å². The lowest BCUT2D eigenvalue weighted by atomic mass is 10.0. The van der Waals surface area contributed by atoms with Crippen LogP contribution < -0.4 is 0 Å². The minimum absolute atomic E-state index is 0.326. The Bertz CT molecular complexity index is 634. The second-order valence-electron chi connectivity index (χ2n) is 5.54. The van der Waals surface area contributed by atoms with Gasteiger partial charge in [0.25, 0.3) is 0 Å². The molecule has 0 saturated heterocycles. The van der Waals surface area contributed by atoms with Gasteiger partial charge in [-0.1, -0.05) is 35.9 Å². The Balaban J connectivity index is 1.77. The predicted molar refractivity (Wildman–Crippen MR) is 75.6 cm³/mol. The SMILES string of the molecule is Clc1cc(C2CC2)nc(C2CCc3ccccc32)n1. The van der Waals surface area contributed by atoms with Gasteiger partial charge in [-0.05, 0) is 42.9 Å². The lowest BCUT2D eigenvalue weighted by Gasteiger charge is -2.12. The van der Waals surface area contributed by atoms with Crippen LogP contribution in [0, 0.1) is 0 Å². The Hall–Kier alpha value is -1.41. The third kappa shape index (κ3) is 2.04. The Morgan fingerprint density at radius 3 is 2.74 bits per heavy atom. The zero-order valence-corrected chi connectivity index (χ0v) is 11.4. The number of fused-ring (bicyclic) bond motifs is 1. The molecule has 19 heavy (non-hydrogen) atoms. The van der Waals surface area contributed by atoms with Crippen LogP contribution in [0.15, 0.2) is 30.3 Å². The van der Waals surface area contributed by atoms with E-state index in [9.17, 15) is 0 Å². The fourth-order valence-corrected chi connectivity index (χ4v) is 3.22. The summed E-state index contributed by atoms with van der Waals surface area (Å²) >= 11 is 6.18. The molecule has 1 fully saturated rings. The zero-order chi connectivity index (χ0) is 12.8. The first-order chi connectivity index (χ1) is 9.31. The van der Waals surface area contributed by atoms with Crippen LogP contribution in [-0.4, -0.2) is 9.97 Å². The van der Waals surface area contributed by atoms with Crippen molar-refractivity contribution < 1.29 is 0 Å². The van der Waals surface area contributed by atoms with Crippen LogP contribution in [0.5, 0.6) is 0 Å². The number of aryl methyl sites for hydroxylation is 1. The molecule has 1 saturated carbocycles. The molecule has 2 aliphatic carbocycles. The summed E-state index contributed by atoms with van der Waals surface area (Å²) in [5, 5.41) is 0.594. The van der Waals surface area contributed by atoms with Crippen molar-refractivity contribution in [1.82, 2.24) is 9.97 Å². The van der Waals surface area contributed by atoms with Gasteiger partial charge in [0.1, 0.15) is 11.0 Å². The summed E-state index contributed by atoms with van der Waals surface area (Å²) in [6.45, 7) is 0. The Morgan fingerprint density at radius 2 is 1.89 bits per heavy atom. The van der Waals surface area contributed by atoms with Gasteiger partial charge in [0.05, 0.1) is 0 Å². The number of halogens is 1. The maximum absolute atomic E-state index is 6.18. The van der Waals surface area contributed by atoms with Crippen molar-refractivity contribution in [3.8, 4) is 0 Å². The number of hydrogen-bond donors (Lipinski definition) is 0. The molecule has 2 aliphatic rings. The first kappa shape index (κ1) is 11.4. The van der Waals surface area contributed by atoms with Gasteiger partial charge in [-0.15, -0.1) is 0 Å². The Labute approximate surface area is 117 Å². The van der Waals surface area contributed by atoms with E-state index in [2.05, 4.69) is 29.2 Å². The molecular weight excluding hydrogens is 256 g/mol. The zero-order valence-electron chi connectivity index (χ0n) is 10.6. The molecule has 1 aromatic heterocycles. The average molecular weight is 271 g/mol. The molecule has 2 nitrogen and oxygen atoms in total. The molecule has 96 valence electrons. The molecule has 0 bridgehead atoms. The molecular formula is C16H15ClN2. The van der Waals surface area contributed by atoms with Gasteiger partial charge in [-0.3, -0.25) is 0 Å². The molecule has 1 unspecified atom stereocenters. The van der Waals surface area contributed by atoms with Gasteiger partial charge >= 0.3 is 0 Å². The van der Waals surface area contributed by atoms with Crippen molar-refractivity contribution in [1.29, 1.82) is 0 Å². The third-order valence-corrected chi connectivity index (χ3v) is 4.37. The normalized spacial score (nSPS) is 21.4. The quantitative estimate of drug-likeness (QED) is 0.769. The molecule has 0 N–H and O–H groups in total. The minimum atomic E-state index is 0.326. The molecule has 2 aromatic rings. The van der Waals surface area contributed by atoms with E-state index in [1.54, 1.807) is 0 Å². The molecule has 0 amide bonds. The fraction of sp³-hybridized carbons (Fsp3) is 0.375. The average Bonchev–Trinajstić information content (AvgIpc) is 3.18. The fourth-order valence-electron chi connectivity index (χ4n) is 3.02. The van der Waals surface area contributed by atoms with Crippen molar-refractivity contribution in [3.63, 3.8) is 0 Å². The van der Waals surface area contributed by atoms with Crippen LogP contribution in [0.3, 0.4) is 0 Å². The Kier molecular flexibility index (Phi) is 2.59. The first-order valence-corrected chi connectivity index (χ1v) is 7.31. The predicted octanol–water partition coefficient (Wildman–Crippen LogP) is 4.09. The van der Waals surface area contributed by atoms with E-state index in [4.69, 9.17) is 16.6 Å². The number of nitrogens with zero attached hydrogens (tertiary/aromatic N) is 2. The molecule has 1 heterocycles. The van der Waals surface area contributed by atoms with E-state index in [1.807, 2.05) is 6.07 Å². The van der Waals surface area contributed by atoms with Crippen LogP contribution in [-0.2, 0) is 6.42 Å². The second-order valence-corrected chi connectivity index (χ2v) is 5.93. The smallest absolute Gasteiger partial charge is 0.137 e. The summed E-state index contributed by atoms with van der Waals surface area (Å²) in [6.07, 6.45) is 4.71. The highest BCUT2D eigenvalue weighted by Crippen LogP contribution is 2.41. The number of rotatable bonds is 2. The molecule has 0 aliphatic heterocycles. The van der Waals surface area contributed by atoms with Gasteiger partial charge in [0.2, 0.25) is 0 Å². The van der Waals surface area contributed by atoms with E-state index in [0.717, 1.165) is 24.4 Å². The highest BCUT2D eigenvalue weighted by Gasteiger charge is 2.30. The van der Waals surface area contributed by atoms with E-state index in [-0.39, 0.29) is 0 Å². The van der Waals surface area contributed by atoms with Crippen LogP contribution in [0.4, 0.5) is 0 Å². The summed E-state index contributed by atoms with van der Waals surface area (Å²) in [4.78, 5) is 9.26. The summed E-state index contributed by atoms with van der Waals surface area (Å²) in [6, 6.07) is 10.6. The van der Waals surface area contributed by atoms with Crippen LogP contribution >= 0.6 is 11.6 Å². The van der Waals surface area contributed by atoms with Crippen LogP contribution in [0.1, 0.15) is 53.7 Å². The van der Waals surface area contributed by atoms with Crippen molar-refractivity contribution in [2.45, 2.75) is 37.5 Å². The molecule has 1 atom stereocenters. The minimum Gasteiger partial charge on any atom is -0.237 e. The van der Waals surface area contributed by atoms with Crippen molar-refractivity contribution >= 4 is 11.6 Å². The largest absolute Gasteiger partial charge is 0.237 e.